The molecule has 63 heavy (non-hydrogen) atoms. The van der Waals surface area contributed by atoms with Gasteiger partial charge in [-0.15, -0.1) is 0 Å². The molecule has 0 atom stereocenters. The average molecular weight is 836 g/mol. The third-order valence-electron chi connectivity index (χ3n) is 10.6. The largest absolute Gasteiger partial charge is 0.454 e. The Kier molecular flexibility index (Phi) is 7.91. The quantitative estimate of drug-likeness (QED) is 0.109. The number of rotatable bonds is 14. The van der Waals surface area contributed by atoms with Crippen molar-refractivity contribution in [2.75, 3.05) is 0 Å². The summed E-state index contributed by atoms with van der Waals surface area (Å²) >= 11 is 0. The maximum absolute atomic E-state index is 9.82. The van der Waals surface area contributed by atoms with Gasteiger partial charge in [0.15, 0.2) is 5.58 Å². The molecule has 0 saturated carbocycles. The van der Waals surface area contributed by atoms with E-state index in [4.69, 9.17) is 8.53 Å². The predicted molar refractivity (Wildman–Crippen MR) is 258 cm³/mol. The predicted octanol–water partition coefficient (Wildman–Crippen LogP) is 14.2. The Labute approximate surface area is 392 Å². The van der Waals surface area contributed by atoms with E-state index in [0.717, 1.165) is 36.8 Å². The lowest BCUT2D eigenvalue weighted by atomic mass is 9.90. The van der Waals surface area contributed by atoms with Gasteiger partial charge in [-0.1, -0.05) is 137 Å². The summed E-state index contributed by atoms with van der Waals surface area (Å²) in [4.78, 5) is 13.5. The Morgan fingerprint density at radius 3 is 1.57 bits per heavy atom. The van der Waals surface area contributed by atoms with Crippen molar-refractivity contribution in [3.05, 3.63) is 208 Å². The number of furan rings is 1. The van der Waals surface area contributed by atoms with Gasteiger partial charge in [0.1, 0.15) is 11.7 Å². The summed E-state index contributed by atoms with van der Waals surface area (Å²) in [5.41, 5.74) is 0.522. The molecule has 0 aliphatic heterocycles. The van der Waals surface area contributed by atoms with E-state index in [1.165, 1.54) is 58.0 Å². The second-order valence-corrected chi connectivity index (χ2v) is 15.4. The van der Waals surface area contributed by atoms with Crippen LogP contribution < -0.4 is 0 Å². The number of nitriles is 1. The Morgan fingerprint density at radius 1 is 0.540 bits per heavy atom. The van der Waals surface area contributed by atoms with Gasteiger partial charge in [0.05, 0.1) is 24.0 Å². The summed E-state index contributed by atoms with van der Waals surface area (Å²) in [5.74, 6) is -3.08. The molecule has 0 aliphatic rings. The van der Waals surface area contributed by atoms with Crippen LogP contribution in [0, 0.1) is 11.3 Å². The SMILES string of the molecule is [2H]c1ccc2c(oc3c(-c4ccc(C([2H])([2H])C([2H])([2H])c5cc(C([2H])([2H])C([2H])([2H])c6cnc(-c7ccccc7)cc6C([2H])(C)C)cc(C([2H])([2H])C([2H])([2H])c6cnc(-c7ccccc7)cc6C([2H])(C)C)c5)cn4)cccc32)c1C#N. The van der Waals surface area contributed by atoms with Crippen LogP contribution in [0.4, 0.5) is 0 Å². The number of aryl methyl sites for hydroxylation is 6. The minimum Gasteiger partial charge on any atom is -0.454 e. The van der Waals surface area contributed by atoms with E-state index in [1.54, 1.807) is 84.9 Å². The Morgan fingerprint density at radius 2 is 1.05 bits per heavy atom. The highest BCUT2D eigenvalue weighted by Gasteiger charge is 2.17. The van der Waals surface area contributed by atoms with E-state index in [2.05, 4.69) is 15.0 Å². The molecule has 0 unspecified atom stereocenters. The van der Waals surface area contributed by atoms with E-state index in [1.807, 2.05) is 6.07 Å². The zero-order valence-electron chi connectivity index (χ0n) is 50.1. The fraction of sp³-hybridized carbons (Fsp3) is 0.207. The van der Waals surface area contributed by atoms with Crippen LogP contribution in [-0.2, 0) is 38.2 Å². The standard InChI is InChI=1S/C58H52N4O/c1-38(2)52-32-55(44-13-7-5-8-14-44)61-36-47(52)26-23-42-29-41(30-43(31-42)24-27-48-37-62-56(33-53(48)39(3)4)45-15-9-6-10-16-45)22-21-40-25-28-54(60-35-40)51-20-12-19-50-49-18-11-17-46(34-59)57(49)63-58(50)51/h5-20,25,28-33,35-39H,21-24,26-27H2,1-4H3/i17D,21D2,22D2,23D2,24D2,26D2,27D2,38D,39D. The van der Waals surface area contributed by atoms with Gasteiger partial charge in [-0.3, -0.25) is 15.0 Å². The third kappa shape index (κ3) is 9.08. The molecule has 0 bridgehead atoms. The Bertz CT molecular complexity index is 3660. The normalized spacial score (nSPS) is 16.7. The molecule has 0 radical (unpaired) electrons. The zero-order chi connectivity index (χ0) is 56.8. The van der Waals surface area contributed by atoms with E-state index in [9.17, 15) is 21.7 Å². The molecule has 0 N–H and O–H groups in total. The highest BCUT2D eigenvalue weighted by atomic mass is 16.3. The van der Waals surface area contributed by atoms with Crippen molar-refractivity contribution in [3.63, 3.8) is 0 Å². The average Bonchev–Trinajstić information content (AvgIpc) is 3.95. The summed E-state index contributed by atoms with van der Waals surface area (Å²) < 4.78 is 148. The number of hydrogen-bond donors (Lipinski definition) is 0. The molecule has 9 aromatic rings. The number of pyridine rings is 3. The topological polar surface area (TPSA) is 75.6 Å². The molecule has 0 saturated heterocycles. The molecular weight excluding hydrogens is 769 g/mol. The fourth-order valence-electron chi connectivity index (χ4n) is 7.41. The van der Waals surface area contributed by atoms with Gasteiger partial charge in [-0.25, -0.2) is 0 Å². The van der Waals surface area contributed by atoms with Crippen LogP contribution >= 0.6 is 0 Å². The summed E-state index contributed by atoms with van der Waals surface area (Å²) in [6, 6.07) is 36.7. The van der Waals surface area contributed by atoms with Gasteiger partial charge < -0.3 is 4.42 Å². The number of benzene rings is 5. The molecule has 5 aromatic carbocycles. The van der Waals surface area contributed by atoms with Crippen molar-refractivity contribution in [1.82, 2.24) is 15.0 Å². The van der Waals surface area contributed by atoms with Crippen molar-refractivity contribution in [2.45, 2.75) is 77.7 Å². The summed E-state index contributed by atoms with van der Waals surface area (Å²) in [7, 11) is 0. The first kappa shape index (κ1) is 27.0. The molecule has 310 valence electrons. The number of aromatic nitrogens is 3. The first-order chi connectivity index (χ1) is 36.3. The fourth-order valence-corrected chi connectivity index (χ4v) is 7.41. The smallest absolute Gasteiger partial charge is 0.153 e. The van der Waals surface area contributed by atoms with Crippen molar-refractivity contribution in [2.24, 2.45) is 0 Å². The van der Waals surface area contributed by atoms with E-state index in [-0.39, 0.29) is 50.7 Å². The highest BCUT2D eigenvalue weighted by Crippen LogP contribution is 2.36. The van der Waals surface area contributed by atoms with Crippen LogP contribution in [0.1, 0.15) is 110 Å². The van der Waals surface area contributed by atoms with Crippen molar-refractivity contribution < 1.29 is 25.0 Å². The molecular formula is C58H52N4O. The number of fused-ring (bicyclic) bond motifs is 3. The van der Waals surface area contributed by atoms with Crippen molar-refractivity contribution >= 4 is 21.9 Å². The van der Waals surface area contributed by atoms with Gasteiger partial charge in [0.2, 0.25) is 0 Å². The highest BCUT2D eigenvalue weighted by molar-refractivity contribution is 6.10. The molecule has 5 nitrogen and oxygen atoms in total. The lowest BCUT2D eigenvalue weighted by Gasteiger charge is -2.16. The third-order valence-corrected chi connectivity index (χ3v) is 10.6. The number of para-hydroxylation sites is 2. The minimum atomic E-state index is -3.26. The van der Waals surface area contributed by atoms with Crippen molar-refractivity contribution in [3.8, 4) is 39.8 Å². The van der Waals surface area contributed by atoms with Crippen LogP contribution in [0.2, 0.25) is 0 Å². The summed E-state index contributed by atoms with van der Waals surface area (Å²) in [6.07, 6.45) is -15.7. The minimum absolute atomic E-state index is 0.0196. The molecule has 0 spiro atoms. The van der Waals surface area contributed by atoms with E-state index in [0.29, 0.717) is 44.4 Å². The molecule has 0 aliphatic carbocycles. The Hall–Kier alpha value is -7.16. The molecule has 5 heteroatoms. The van der Waals surface area contributed by atoms with Crippen LogP contribution in [0.25, 0.3) is 55.7 Å². The molecule has 0 fully saturated rings. The number of hydrogen-bond acceptors (Lipinski definition) is 5. The van der Waals surface area contributed by atoms with Gasteiger partial charge in [-0.05, 0) is 125 Å². The van der Waals surface area contributed by atoms with Crippen molar-refractivity contribution in [1.29, 1.82) is 5.26 Å². The summed E-state index contributed by atoms with van der Waals surface area (Å²) in [5, 5.41) is 11.0. The maximum Gasteiger partial charge on any atom is 0.153 e. The zero-order valence-corrected chi connectivity index (χ0v) is 35.1. The lowest BCUT2D eigenvalue weighted by molar-refractivity contribution is 0.668. The van der Waals surface area contributed by atoms with Crippen LogP contribution in [0.3, 0.4) is 0 Å². The first-order valence-electron chi connectivity index (χ1n) is 28.0. The second-order valence-electron chi connectivity index (χ2n) is 15.4. The molecule has 0 amide bonds. The molecule has 9 rings (SSSR count). The van der Waals surface area contributed by atoms with E-state index < -0.39 is 66.7 Å². The first-order valence-corrected chi connectivity index (χ1v) is 20.5. The van der Waals surface area contributed by atoms with Gasteiger partial charge >= 0.3 is 0 Å². The van der Waals surface area contributed by atoms with Gasteiger partial charge in [0, 0.05) is 65.2 Å². The summed E-state index contributed by atoms with van der Waals surface area (Å²) in [6.45, 7) is 6.03. The number of nitrogens with zero attached hydrogens (tertiary/aromatic N) is 4. The Balaban J connectivity index is 1.20. The second kappa shape index (κ2) is 18.4. The van der Waals surface area contributed by atoms with Crippen LogP contribution in [0.15, 0.2) is 163 Å². The van der Waals surface area contributed by atoms with Gasteiger partial charge in [0.25, 0.3) is 0 Å². The maximum atomic E-state index is 9.82. The lowest BCUT2D eigenvalue weighted by Crippen LogP contribution is -2.04. The molecule has 4 heterocycles. The van der Waals surface area contributed by atoms with E-state index >= 15 is 0 Å². The molecule has 4 aromatic heterocycles. The van der Waals surface area contributed by atoms with Crippen LogP contribution in [-0.4, -0.2) is 15.0 Å². The van der Waals surface area contributed by atoms with Gasteiger partial charge in [-0.2, -0.15) is 5.26 Å². The monoisotopic (exact) mass is 836 g/mol. The van der Waals surface area contributed by atoms with Crippen LogP contribution in [0.5, 0.6) is 0 Å².